The number of piperazine rings is 1. The molecule has 0 radical (unpaired) electrons. The summed E-state index contributed by atoms with van der Waals surface area (Å²) < 4.78 is 14.7. The molecule has 0 aliphatic carbocycles. The molecule has 0 spiro atoms. The third kappa shape index (κ3) is 2.19. The van der Waals surface area contributed by atoms with Gasteiger partial charge in [-0.2, -0.15) is 0 Å². The number of nitrogens with zero attached hydrogens (tertiary/aromatic N) is 1. The van der Waals surface area contributed by atoms with Crippen LogP contribution in [0.3, 0.4) is 0 Å². The summed E-state index contributed by atoms with van der Waals surface area (Å²) in [5, 5.41) is 3.23. The predicted octanol–water partition coefficient (Wildman–Crippen LogP) is 2.31. The van der Waals surface area contributed by atoms with E-state index in [2.05, 4.69) is 5.32 Å². The Balaban J connectivity index is 2.04. The highest BCUT2D eigenvalue weighted by molar-refractivity contribution is 7.21. The zero-order valence-electron chi connectivity index (χ0n) is 11.8. The van der Waals surface area contributed by atoms with Crippen LogP contribution >= 0.6 is 11.3 Å². The number of rotatable bonds is 1. The summed E-state index contributed by atoms with van der Waals surface area (Å²) in [6.07, 6.45) is 0. The molecule has 3 rings (SSSR count). The SMILES string of the molecule is Cc1c(C(=O)N2CCNC(=O)C2C)sc2cccc(F)c12. The van der Waals surface area contributed by atoms with Crippen LogP contribution in [0.2, 0.25) is 0 Å². The molecule has 1 atom stereocenters. The number of fused-ring (bicyclic) bond motifs is 1. The average Bonchev–Trinajstić information content (AvgIpc) is 2.80. The van der Waals surface area contributed by atoms with E-state index in [1.165, 1.54) is 17.4 Å². The monoisotopic (exact) mass is 306 g/mol. The zero-order chi connectivity index (χ0) is 15.1. The van der Waals surface area contributed by atoms with Crippen molar-refractivity contribution in [3.05, 3.63) is 34.5 Å². The van der Waals surface area contributed by atoms with Crippen molar-refractivity contribution in [2.24, 2.45) is 0 Å². The Kier molecular flexibility index (Phi) is 3.41. The van der Waals surface area contributed by atoms with Gasteiger partial charge in [-0.05, 0) is 31.5 Å². The normalized spacial score (nSPS) is 18.9. The van der Waals surface area contributed by atoms with Crippen LogP contribution < -0.4 is 5.32 Å². The van der Waals surface area contributed by atoms with E-state index in [-0.39, 0.29) is 17.6 Å². The Morgan fingerprint density at radius 3 is 2.95 bits per heavy atom. The number of aryl methyl sites for hydroxylation is 1. The van der Waals surface area contributed by atoms with E-state index in [0.717, 1.165) is 4.70 Å². The molecule has 1 aromatic carbocycles. The summed E-state index contributed by atoms with van der Waals surface area (Å²) in [7, 11) is 0. The van der Waals surface area contributed by atoms with E-state index >= 15 is 0 Å². The number of halogens is 1. The van der Waals surface area contributed by atoms with Gasteiger partial charge >= 0.3 is 0 Å². The van der Waals surface area contributed by atoms with E-state index in [1.54, 1.807) is 30.9 Å². The standard InChI is InChI=1S/C15H15FN2O2S/c1-8-12-10(16)4-3-5-11(12)21-13(8)15(20)18-7-6-17-14(19)9(18)2/h3-5,9H,6-7H2,1-2H3,(H,17,19). The van der Waals surface area contributed by atoms with Crippen LogP contribution in [0.4, 0.5) is 4.39 Å². The Bertz CT molecular complexity index is 741. The number of hydrogen-bond acceptors (Lipinski definition) is 3. The van der Waals surface area contributed by atoms with Gasteiger partial charge in [-0.15, -0.1) is 11.3 Å². The first kappa shape index (κ1) is 14.0. The Morgan fingerprint density at radius 2 is 2.24 bits per heavy atom. The predicted molar refractivity (Wildman–Crippen MR) is 80.0 cm³/mol. The molecule has 1 saturated heterocycles. The van der Waals surface area contributed by atoms with Gasteiger partial charge in [-0.25, -0.2) is 4.39 Å². The second kappa shape index (κ2) is 5.11. The molecule has 1 aliphatic rings. The van der Waals surface area contributed by atoms with Crippen LogP contribution in [0.1, 0.15) is 22.2 Å². The lowest BCUT2D eigenvalue weighted by molar-refractivity contribution is -0.127. The van der Waals surface area contributed by atoms with Crippen molar-refractivity contribution in [2.45, 2.75) is 19.9 Å². The molecule has 1 fully saturated rings. The third-order valence-electron chi connectivity index (χ3n) is 3.86. The first-order valence-electron chi connectivity index (χ1n) is 6.77. The molecular formula is C15H15FN2O2S. The summed E-state index contributed by atoms with van der Waals surface area (Å²) in [5.41, 5.74) is 0.649. The molecule has 1 unspecified atom stereocenters. The van der Waals surface area contributed by atoms with Crippen LogP contribution in [-0.2, 0) is 4.79 Å². The van der Waals surface area contributed by atoms with Crippen LogP contribution in [0.5, 0.6) is 0 Å². The minimum atomic E-state index is -0.499. The number of benzene rings is 1. The molecule has 1 N–H and O–H groups in total. The van der Waals surface area contributed by atoms with Crippen molar-refractivity contribution in [3.8, 4) is 0 Å². The molecule has 110 valence electrons. The highest BCUT2D eigenvalue weighted by Gasteiger charge is 2.32. The maximum absolute atomic E-state index is 13.9. The molecule has 6 heteroatoms. The number of nitrogens with one attached hydrogen (secondary N) is 1. The molecule has 0 bridgehead atoms. The maximum atomic E-state index is 13.9. The zero-order valence-corrected chi connectivity index (χ0v) is 12.6. The smallest absolute Gasteiger partial charge is 0.264 e. The number of amides is 2. The molecule has 1 aliphatic heterocycles. The second-order valence-corrected chi connectivity index (χ2v) is 6.19. The fourth-order valence-corrected chi connectivity index (χ4v) is 3.83. The van der Waals surface area contributed by atoms with Crippen molar-refractivity contribution < 1.29 is 14.0 Å². The largest absolute Gasteiger partial charge is 0.353 e. The first-order chi connectivity index (χ1) is 10.0. The van der Waals surface area contributed by atoms with Gasteiger partial charge in [0.05, 0.1) is 4.88 Å². The Hall–Kier alpha value is -1.95. The summed E-state index contributed by atoms with van der Waals surface area (Å²) in [6.45, 7) is 4.38. The molecule has 2 heterocycles. The van der Waals surface area contributed by atoms with Gasteiger partial charge < -0.3 is 10.2 Å². The maximum Gasteiger partial charge on any atom is 0.264 e. The number of carbonyl (C=O) groups is 2. The average molecular weight is 306 g/mol. The molecule has 4 nitrogen and oxygen atoms in total. The topological polar surface area (TPSA) is 49.4 Å². The number of carbonyl (C=O) groups excluding carboxylic acids is 2. The molecule has 0 saturated carbocycles. The van der Waals surface area contributed by atoms with Gasteiger partial charge in [0, 0.05) is 23.2 Å². The highest BCUT2D eigenvalue weighted by Crippen LogP contribution is 2.33. The van der Waals surface area contributed by atoms with Gasteiger partial charge in [0.15, 0.2) is 0 Å². The molecular weight excluding hydrogens is 291 g/mol. The van der Waals surface area contributed by atoms with Crippen molar-refractivity contribution in [3.63, 3.8) is 0 Å². The van der Waals surface area contributed by atoms with Gasteiger partial charge in [0.25, 0.3) is 5.91 Å². The van der Waals surface area contributed by atoms with Crippen LogP contribution in [0, 0.1) is 12.7 Å². The van der Waals surface area contributed by atoms with Gasteiger partial charge in [-0.1, -0.05) is 6.07 Å². The summed E-state index contributed by atoms with van der Waals surface area (Å²) in [4.78, 5) is 26.4. The van der Waals surface area contributed by atoms with Gasteiger partial charge in [0.2, 0.25) is 5.91 Å². The number of hydrogen-bond donors (Lipinski definition) is 1. The lowest BCUT2D eigenvalue weighted by Gasteiger charge is -2.32. The van der Waals surface area contributed by atoms with Crippen molar-refractivity contribution in [1.82, 2.24) is 10.2 Å². The lowest BCUT2D eigenvalue weighted by Crippen LogP contribution is -2.55. The minimum Gasteiger partial charge on any atom is -0.353 e. The quantitative estimate of drug-likeness (QED) is 0.879. The van der Waals surface area contributed by atoms with Crippen molar-refractivity contribution >= 4 is 33.2 Å². The van der Waals surface area contributed by atoms with Crippen LogP contribution in [-0.4, -0.2) is 35.8 Å². The fraction of sp³-hybridized carbons (Fsp3) is 0.333. The lowest BCUT2D eigenvalue weighted by atomic mass is 10.1. The third-order valence-corrected chi connectivity index (χ3v) is 5.10. The van der Waals surface area contributed by atoms with E-state index < -0.39 is 6.04 Å². The van der Waals surface area contributed by atoms with Crippen molar-refractivity contribution in [1.29, 1.82) is 0 Å². The minimum absolute atomic E-state index is 0.153. The number of thiophene rings is 1. The summed E-state index contributed by atoms with van der Waals surface area (Å²) in [6, 6.07) is 4.34. The van der Waals surface area contributed by atoms with Gasteiger partial charge in [0.1, 0.15) is 11.9 Å². The van der Waals surface area contributed by atoms with E-state index in [0.29, 0.717) is 28.9 Å². The Labute approximate surface area is 125 Å². The van der Waals surface area contributed by atoms with E-state index in [9.17, 15) is 14.0 Å². The molecule has 21 heavy (non-hydrogen) atoms. The summed E-state index contributed by atoms with van der Waals surface area (Å²) >= 11 is 1.28. The van der Waals surface area contributed by atoms with E-state index in [4.69, 9.17) is 0 Å². The van der Waals surface area contributed by atoms with Crippen molar-refractivity contribution in [2.75, 3.05) is 13.1 Å². The van der Waals surface area contributed by atoms with Crippen LogP contribution in [0.25, 0.3) is 10.1 Å². The molecule has 2 amide bonds. The molecule has 2 aromatic rings. The van der Waals surface area contributed by atoms with Crippen LogP contribution in [0.15, 0.2) is 18.2 Å². The van der Waals surface area contributed by atoms with E-state index in [1.807, 2.05) is 0 Å². The second-order valence-electron chi connectivity index (χ2n) is 5.13. The summed E-state index contributed by atoms with van der Waals surface area (Å²) in [5.74, 6) is -0.667. The highest BCUT2D eigenvalue weighted by atomic mass is 32.1. The first-order valence-corrected chi connectivity index (χ1v) is 7.58. The Morgan fingerprint density at radius 1 is 1.48 bits per heavy atom. The van der Waals surface area contributed by atoms with Gasteiger partial charge in [-0.3, -0.25) is 9.59 Å². The molecule has 1 aromatic heterocycles. The fourth-order valence-electron chi connectivity index (χ4n) is 2.65.